The van der Waals surface area contributed by atoms with Gasteiger partial charge >= 0.3 is 6.18 Å². The van der Waals surface area contributed by atoms with Crippen LogP contribution in [0.4, 0.5) is 17.6 Å². The number of aromatic nitrogens is 1. The minimum absolute atomic E-state index is 0.111. The van der Waals surface area contributed by atoms with E-state index >= 15 is 0 Å². The van der Waals surface area contributed by atoms with Crippen molar-refractivity contribution in [2.45, 2.75) is 12.3 Å². The van der Waals surface area contributed by atoms with Crippen molar-refractivity contribution in [2.75, 3.05) is 6.67 Å². The lowest BCUT2D eigenvalue weighted by Gasteiger charge is -2.08. The van der Waals surface area contributed by atoms with Crippen molar-refractivity contribution < 1.29 is 22.7 Å². The molecule has 1 N–H and O–H groups in total. The van der Waals surface area contributed by atoms with Gasteiger partial charge in [0, 0.05) is 6.20 Å². The van der Waals surface area contributed by atoms with Crippen LogP contribution < -0.4 is 0 Å². The van der Waals surface area contributed by atoms with Gasteiger partial charge in [-0.15, -0.1) is 0 Å². The number of hydrogen-bond donors (Lipinski definition) is 1. The van der Waals surface area contributed by atoms with Gasteiger partial charge in [-0.05, 0) is 12.1 Å². The van der Waals surface area contributed by atoms with Gasteiger partial charge in [0.25, 0.3) is 0 Å². The molecule has 6 heteroatoms. The van der Waals surface area contributed by atoms with E-state index in [1.165, 1.54) is 0 Å². The van der Waals surface area contributed by atoms with Crippen molar-refractivity contribution in [3.63, 3.8) is 0 Å². The number of alkyl halides is 4. The van der Waals surface area contributed by atoms with Gasteiger partial charge in [0.2, 0.25) is 0 Å². The highest BCUT2D eigenvalue weighted by Crippen LogP contribution is 2.28. The molecule has 1 atom stereocenters. The van der Waals surface area contributed by atoms with E-state index in [0.29, 0.717) is 6.20 Å². The highest BCUT2D eigenvalue weighted by Gasteiger charge is 2.30. The fourth-order valence-electron chi connectivity index (χ4n) is 0.849. The third kappa shape index (κ3) is 2.41. The Kier molecular flexibility index (Phi) is 3.05. The van der Waals surface area contributed by atoms with E-state index in [1.807, 2.05) is 0 Å². The van der Waals surface area contributed by atoms with Gasteiger partial charge in [-0.25, -0.2) is 4.39 Å². The molecule has 1 heterocycles. The van der Waals surface area contributed by atoms with Crippen LogP contribution in [0.3, 0.4) is 0 Å². The molecule has 1 aromatic rings. The highest BCUT2D eigenvalue weighted by atomic mass is 19.4. The zero-order chi connectivity index (χ0) is 10.8. The molecule has 0 aliphatic rings. The first kappa shape index (κ1) is 10.9. The number of nitrogens with zero attached hydrogens (tertiary/aromatic N) is 1. The maximum Gasteiger partial charge on any atom is 0.417 e. The number of rotatable bonds is 2. The molecule has 0 amide bonds. The number of hydrogen-bond acceptors (Lipinski definition) is 2. The summed E-state index contributed by atoms with van der Waals surface area (Å²) in [5.41, 5.74) is -1.03. The van der Waals surface area contributed by atoms with Crippen LogP contribution in [0.5, 0.6) is 0 Å². The van der Waals surface area contributed by atoms with Crippen LogP contribution in [0.25, 0.3) is 0 Å². The Balaban J connectivity index is 2.89. The summed E-state index contributed by atoms with van der Waals surface area (Å²) < 4.78 is 48.0. The average molecular weight is 209 g/mol. The maximum absolute atomic E-state index is 12.0. The lowest BCUT2D eigenvalue weighted by molar-refractivity contribution is -0.137. The van der Waals surface area contributed by atoms with Crippen molar-refractivity contribution >= 4 is 0 Å². The van der Waals surface area contributed by atoms with E-state index < -0.39 is 24.5 Å². The molecule has 14 heavy (non-hydrogen) atoms. The SMILES string of the molecule is OC(CF)c1ccc(C(F)(F)F)cn1. The van der Waals surface area contributed by atoms with E-state index in [9.17, 15) is 17.6 Å². The van der Waals surface area contributed by atoms with Crippen LogP contribution in [-0.4, -0.2) is 16.8 Å². The van der Waals surface area contributed by atoms with Crippen molar-refractivity contribution in [3.8, 4) is 0 Å². The molecule has 0 aliphatic carbocycles. The normalized spacial score (nSPS) is 14.1. The van der Waals surface area contributed by atoms with E-state index in [4.69, 9.17) is 5.11 Å². The zero-order valence-electron chi connectivity index (χ0n) is 6.92. The molecule has 0 saturated heterocycles. The summed E-state index contributed by atoms with van der Waals surface area (Å²) in [6.07, 6.45) is -5.36. The molecule has 1 unspecified atom stereocenters. The monoisotopic (exact) mass is 209 g/mol. The Hall–Kier alpha value is -1.17. The molecular formula is C8H7F4NO. The molecule has 0 bridgehead atoms. The number of pyridine rings is 1. The average Bonchev–Trinajstić information content (AvgIpc) is 2.15. The lowest BCUT2D eigenvalue weighted by Crippen LogP contribution is -2.08. The van der Waals surface area contributed by atoms with Gasteiger partial charge in [-0.3, -0.25) is 4.98 Å². The van der Waals surface area contributed by atoms with Crippen molar-refractivity contribution in [2.24, 2.45) is 0 Å². The Morgan fingerprint density at radius 3 is 2.36 bits per heavy atom. The fraction of sp³-hybridized carbons (Fsp3) is 0.375. The fourth-order valence-corrected chi connectivity index (χ4v) is 0.849. The maximum atomic E-state index is 12.0. The molecule has 0 aliphatic heterocycles. The van der Waals surface area contributed by atoms with Gasteiger partial charge in [0.15, 0.2) is 0 Å². The van der Waals surface area contributed by atoms with Gasteiger partial charge in [0.1, 0.15) is 12.8 Å². The Morgan fingerprint density at radius 1 is 1.36 bits per heavy atom. The standard InChI is InChI=1S/C8H7F4NO/c9-3-7(14)6-2-1-5(4-13-6)8(10,11)12/h1-2,4,7,14H,3H2. The van der Waals surface area contributed by atoms with E-state index in [-0.39, 0.29) is 5.69 Å². The van der Waals surface area contributed by atoms with E-state index in [2.05, 4.69) is 4.98 Å². The van der Waals surface area contributed by atoms with Crippen LogP contribution in [0.15, 0.2) is 18.3 Å². The van der Waals surface area contributed by atoms with Crippen LogP contribution in [0, 0.1) is 0 Å². The van der Waals surface area contributed by atoms with Gasteiger partial charge < -0.3 is 5.11 Å². The summed E-state index contributed by atoms with van der Waals surface area (Å²) in [5.74, 6) is 0. The van der Waals surface area contributed by atoms with Crippen LogP contribution in [-0.2, 0) is 6.18 Å². The number of halogens is 4. The second-order valence-corrected chi connectivity index (χ2v) is 2.64. The first-order valence-electron chi connectivity index (χ1n) is 3.72. The molecule has 2 nitrogen and oxygen atoms in total. The van der Waals surface area contributed by atoms with Crippen LogP contribution in [0.2, 0.25) is 0 Å². The molecule has 0 saturated carbocycles. The first-order chi connectivity index (χ1) is 6.45. The van der Waals surface area contributed by atoms with Crippen molar-refractivity contribution in [3.05, 3.63) is 29.6 Å². The largest absolute Gasteiger partial charge is 0.417 e. The van der Waals surface area contributed by atoms with E-state index in [1.54, 1.807) is 0 Å². The first-order valence-corrected chi connectivity index (χ1v) is 3.72. The van der Waals surface area contributed by atoms with Gasteiger partial charge in [0.05, 0.1) is 11.3 Å². The summed E-state index contributed by atoms with van der Waals surface area (Å²) in [7, 11) is 0. The summed E-state index contributed by atoms with van der Waals surface area (Å²) in [4.78, 5) is 3.31. The summed E-state index contributed by atoms with van der Waals surface area (Å²) >= 11 is 0. The second kappa shape index (κ2) is 3.91. The Morgan fingerprint density at radius 2 is 2.00 bits per heavy atom. The molecule has 0 aromatic carbocycles. The predicted octanol–water partition coefficient (Wildman–Crippen LogP) is 2.10. The minimum atomic E-state index is -4.47. The van der Waals surface area contributed by atoms with Crippen LogP contribution in [0.1, 0.15) is 17.4 Å². The Bertz CT molecular complexity index is 295. The molecule has 0 spiro atoms. The third-order valence-electron chi connectivity index (χ3n) is 1.60. The highest BCUT2D eigenvalue weighted by molar-refractivity contribution is 5.18. The van der Waals surface area contributed by atoms with Crippen molar-refractivity contribution in [1.29, 1.82) is 0 Å². The van der Waals surface area contributed by atoms with Gasteiger partial charge in [-0.2, -0.15) is 13.2 Å². The topological polar surface area (TPSA) is 33.1 Å². The molecule has 78 valence electrons. The predicted molar refractivity (Wildman–Crippen MR) is 40.2 cm³/mol. The quantitative estimate of drug-likeness (QED) is 0.756. The van der Waals surface area contributed by atoms with Gasteiger partial charge in [-0.1, -0.05) is 0 Å². The summed E-state index contributed by atoms with van der Waals surface area (Å²) in [5, 5.41) is 8.90. The van der Waals surface area contributed by atoms with Crippen molar-refractivity contribution in [1.82, 2.24) is 4.98 Å². The molecule has 0 fully saturated rings. The van der Waals surface area contributed by atoms with Crippen LogP contribution >= 0.6 is 0 Å². The number of aliphatic hydroxyl groups is 1. The summed E-state index contributed by atoms with van der Waals surface area (Å²) in [6, 6.07) is 1.70. The second-order valence-electron chi connectivity index (χ2n) is 2.64. The minimum Gasteiger partial charge on any atom is -0.384 e. The summed E-state index contributed by atoms with van der Waals surface area (Å²) in [6.45, 7) is -1.07. The zero-order valence-corrected chi connectivity index (χ0v) is 6.92. The lowest BCUT2D eigenvalue weighted by atomic mass is 10.2. The smallest absolute Gasteiger partial charge is 0.384 e. The van der Waals surface area contributed by atoms with E-state index in [0.717, 1.165) is 12.1 Å². The molecular weight excluding hydrogens is 202 g/mol. The molecule has 1 rings (SSSR count). The number of aliphatic hydroxyl groups excluding tert-OH is 1. The molecule has 0 radical (unpaired) electrons. The third-order valence-corrected chi connectivity index (χ3v) is 1.60. The Labute approximate surface area is 77.2 Å². The molecule has 1 aromatic heterocycles.